The fourth-order valence-electron chi connectivity index (χ4n) is 2.08. The second-order valence-corrected chi connectivity index (χ2v) is 4.70. The predicted octanol–water partition coefficient (Wildman–Crippen LogP) is 4.72. The maximum Gasteiger partial charge on any atom is 0.416 e. The van der Waals surface area contributed by atoms with Gasteiger partial charge in [-0.2, -0.15) is 13.2 Å². The first-order valence-electron chi connectivity index (χ1n) is 6.58. The van der Waals surface area contributed by atoms with Crippen LogP contribution in [0, 0.1) is 0 Å². The molecule has 2 aromatic rings. The van der Waals surface area contributed by atoms with E-state index in [2.05, 4.69) is 11.9 Å². The van der Waals surface area contributed by atoms with E-state index in [1.54, 1.807) is 12.1 Å². The Labute approximate surface area is 122 Å². The summed E-state index contributed by atoms with van der Waals surface area (Å²) < 4.78 is 38.0. The van der Waals surface area contributed by atoms with Crippen molar-refractivity contribution in [3.8, 4) is 0 Å². The molecule has 1 atom stereocenters. The molecule has 0 fully saturated rings. The molecule has 2 aromatic carbocycles. The number of nitrogens with one attached hydrogen (secondary N) is 1. The van der Waals surface area contributed by atoms with Crippen molar-refractivity contribution in [2.75, 3.05) is 0 Å². The molecule has 0 amide bonds. The Morgan fingerprint density at radius 2 is 1.76 bits per heavy atom. The summed E-state index contributed by atoms with van der Waals surface area (Å²) in [4.78, 5) is 0. The lowest BCUT2D eigenvalue weighted by atomic mass is 10.1. The predicted molar refractivity (Wildman–Crippen MR) is 77.7 cm³/mol. The fraction of sp³-hybridized carbons (Fsp3) is 0.176. The third-order valence-electron chi connectivity index (χ3n) is 3.17. The van der Waals surface area contributed by atoms with Gasteiger partial charge in [0.2, 0.25) is 0 Å². The minimum Gasteiger partial charge on any atom is -0.303 e. The average molecular weight is 291 g/mol. The summed E-state index contributed by atoms with van der Waals surface area (Å²) in [6.07, 6.45) is -2.57. The molecule has 0 radical (unpaired) electrons. The fourth-order valence-corrected chi connectivity index (χ4v) is 2.08. The van der Waals surface area contributed by atoms with Crippen molar-refractivity contribution in [3.05, 3.63) is 83.9 Å². The van der Waals surface area contributed by atoms with E-state index in [0.717, 1.165) is 17.7 Å². The van der Waals surface area contributed by atoms with Crippen LogP contribution >= 0.6 is 0 Å². The molecular formula is C17H16F3N. The Morgan fingerprint density at radius 1 is 1.05 bits per heavy atom. The lowest BCUT2D eigenvalue weighted by molar-refractivity contribution is -0.137. The van der Waals surface area contributed by atoms with Crippen molar-refractivity contribution < 1.29 is 13.2 Å². The quantitative estimate of drug-likeness (QED) is 0.786. The van der Waals surface area contributed by atoms with Gasteiger partial charge < -0.3 is 5.32 Å². The molecule has 0 saturated carbocycles. The lowest BCUT2D eigenvalue weighted by Gasteiger charge is -2.16. The Balaban J connectivity index is 2.07. The van der Waals surface area contributed by atoms with Crippen molar-refractivity contribution in [3.63, 3.8) is 0 Å². The zero-order valence-electron chi connectivity index (χ0n) is 11.4. The van der Waals surface area contributed by atoms with E-state index in [0.29, 0.717) is 12.1 Å². The van der Waals surface area contributed by atoms with Gasteiger partial charge in [-0.15, -0.1) is 6.58 Å². The first-order valence-corrected chi connectivity index (χ1v) is 6.58. The zero-order valence-corrected chi connectivity index (χ0v) is 11.4. The van der Waals surface area contributed by atoms with Crippen molar-refractivity contribution in [1.29, 1.82) is 0 Å². The van der Waals surface area contributed by atoms with Crippen molar-refractivity contribution in [1.82, 2.24) is 5.32 Å². The van der Waals surface area contributed by atoms with Gasteiger partial charge in [0, 0.05) is 6.54 Å². The highest BCUT2D eigenvalue weighted by atomic mass is 19.4. The van der Waals surface area contributed by atoms with Crippen LogP contribution < -0.4 is 5.32 Å². The largest absolute Gasteiger partial charge is 0.416 e. The maximum atomic E-state index is 12.7. The number of hydrogen-bond acceptors (Lipinski definition) is 1. The molecule has 21 heavy (non-hydrogen) atoms. The van der Waals surface area contributed by atoms with E-state index < -0.39 is 11.7 Å². The summed E-state index contributed by atoms with van der Waals surface area (Å²) in [5.74, 6) is 0. The summed E-state index contributed by atoms with van der Waals surface area (Å²) in [5, 5.41) is 3.20. The van der Waals surface area contributed by atoms with Crippen molar-refractivity contribution in [2.24, 2.45) is 0 Å². The number of hydrogen-bond donors (Lipinski definition) is 1. The molecule has 0 aliphatic rings. The van der Waals surface area contributed by atoms with Gasteiger partial charge in [-0.1, -0.05) is 54.6 Å². The van der Waals surface area contributed by atoms with Gasteiger partial charge in [0.1, 0.15) is 0 Å². The smallest absolute Gasteiger partial charge is 0.303 e. The molecular weight excluding hydrogens is 275 g/mol. The van der Waals surface area contributed by atoms with Crippen LogP contribution in [0.3, 0.4) is 0 Å². The number of rotatable bonds is 5. The summed E-state index contributed by atoms with van der Waals surface area (Å²) >= 11 is 0. The van der Waals surface area contributed by atoms with Gasteiger partial charge in [-0.25, -0.2) is 0 Å². The highest BCUT2D eigenvalue weighted by Gasteiger charge is 2.30. The minimum atomic E-state index is -4.31. The SMILES string of the molecule is C=CC(NCc1cccc(C(F)(F)F)c1)c1ccccc1. The third-order valence-corrected chi connectivity index (χ3v) is 3.17. The van der Waals surface area contributed by atoms with Crippen LogP contribution in [0.4, 0.5) is 13.2 Å². The first-order chi connectivity index (χ1) is 10.0. The van der Waals surface area contributed by atoms with Gasteiger partial charge >= 0.3 is 6.18 Å². The second kappa shape index (κ2) is 6.59. The Bertz CT molecular complexity index is 590. The molecule has 0 saturated heterocycles. The van der Waals surface area contributed by atoms with Crippen LogP contribution in [-0.2, 0) is 12.7 Å². The molecule has 0 aliphatic carbocycles. The summed E-state index contributed by atoms with van der Waals surface area (Å²) in [6, 6.07) is 14.9. The van der Waals surface area contributed by atoms with E-state index in [-0.39, 0.29) is 6.04 Å². The van der Waals surface area contributed by atoms with Crippen LogP contribution in [0.2, 0.25) is 0 Å². The molecule has 110 valence electrons. The van der Waals surface area contributed by atoms with Gasteiger partial charge in [0.15, 0.2) is 0 Å². The van der Waals surface area contributed by atoms with Crippen LogP contribution in [-0.4, -0.2) is 0 Å². The maximum absolute atomic E-state index is 12.7. The van der Waals surface area contributed by atoms with Crippen LogP contribution in [0.15, 0.2) is 67.3 Å². The van der Waals surface area contributed by atoms with E-state index in [1.807, 2.05) is 30.3 Å². The zero-order chi connectivity index (χ0) is 15.3. The van der Waals surface area contributed by atoms with Crippen LogP contribution in [0.25, 0.3) is 0 Å². The first kappa shape index (κ1) is 15.3. The highest BCUT2D eigenvalue weighted by Crippen LogP contribution is 2.29. The normalized spacial score (nSPS) is 12.9. The van der Waals surface area contributed by atoms with Crippen LogP contribution in [0.5, 0.6) is 0 Å². The molecule has 1 N–H and O–H groups in total. The topological polar surface area (TPSA) is 12.0 Å². The molecule has 0 aromatic heterocycles. The average Bonchev–Trinajstić information content (AvgIpc) is 2.48. The van der Waals surface area contributed by atoms with E-state index >= 15 is 0 Å². The van der Waals surface area contributed by atoms with E-state index in [1.165, 1.54) is 6.07 Å². The Hall–Kier alpha value is -2.07. The standard InChI is InChI=1S/C17H16F3N/c1-2-16(14-8-4-3-5-9-14)21-12-13-7-6-10-15(11-13)17(18,19)20/h2-11,16,21H,1,12H2. The third kappa shape index (κ3) is 4.20. The summed E-state index contributed by atoms with van der Waals surface area (Å²) in [7, 11) is 0. The molecule has 0 heterocycles. The van der Waals surface area contributed by atoms with Gasteiger partial charge in [-0.05, 0) is 17.2 Å². The highest BCUT2D eigenvalue weighted by molar-refractivity contribution is 5.27. The minimum absolute atomic E-state index is 0.0965. The molecule has 0 aliphatic heterocycles. The molecule has 1 unspecified atom stereocenters. The molecule has 1 nitrogen and oxygen atoms in total. The second-order valence-electron chi connectivity index (χ2n) is 4.70. The Kier molecular flexibility index (Phi) is 4.81. The van der Waals surface area contributed by atoms with Gasteiger partial charge in [-0.3, -0.25) is 0 Å². The molecule has 4 heteroatoms. The van der Waals surface area contributed by atoms with Crippen LogP contribution in [0.1, 0.15) is 22.7 Å². The van der Waals surface area contributed by atoms with Crippen molar-refractivity contribution in [2.45, 2.75) is 18.8 Å². The molecule has 0 spiro atoms. The van der Waals surface area contributed by atoms with Gasteiger partial charge in [0.25, 0.3) is 0 Å². The number of alkyl halides is 3. The van der Waals surface area contributed by atoms with Gasteiger partial charge in [0.05, 0.1) is 11.6 Å². The monoisotopic (exact) mass is 291 g/mol. The van der Waals surface area contributed by atoms with E-state index in [4.69, 9.17) is 0 Å². The summed E-state index contributed by atoms with van der Waals surface area (Å²) in [6.45, 7) is 4.11. The Morgan fingerprint density at radius 3 is 2.38 bits per heavy atom. The van der Waals surface area contributed by atoms with Crippen molar-refractivity contribution >= 4 is 0 Å². The lowest BCUT2D eigenvalue weighted by Crippen LogP contribution is -2.19. The number of halogens is 3. The molecule has 0 bridgehead atoms. The summed E-state index contributed by atoms with van der Waals surface area (Å²) in [5.41, 5.74) is 0.990. The number of benzene rings is 2. The van der Waals surface area contributed by atoms with E-state index in [9.17, 15) is 13.2 Å². The molecule has 2 rings (SSSR count).